The number of nitrogens with zero attached hydrogens (tertiary/aromatic N) is 1. The van der Waals surface area contributed by atoms with Crippen molar-refractivity contribution in [2.45, 2.75) is 92.5 Å². The van der Waals surface area contributed by atoms with Crippen LogP contribution >= 0.6 is 23.4 Å². The summed E-state index contributed by atoms with van der Waals surface area (Å²) < 4.78 is 26.4. The Morgan fingerprint density at radius 1 is 0.576 bits per heavy atom. The molecule has 0 aromatic heterocycles. The molecule has 0 N–H and O–H groups in total. The molecule has 0 amide bonds. The monoisotopic (exact) mass is 811 g/mol. The van der Waals surface area contributed by atoms with E-state index in [1.165, 1.54) is 37.6 Å². The minimum absolute atomic E-state index is 0.499. The van der Waals surface area contributed by atoms with Gasteiger partial charge in [-0.3, -0.25) is 0 Å². The van der Waals surface area contributed by atoms with Crippen molar-refractivity contribution >= 4 is 37.4 Å². The largest absolute Gasteiger partial charge is 0.489 e. The molecular weight excluding hydrogens is 768 g/mol. The number of hydrogen-bond acceptors (Lipinski definition) is 6. The van der Waals surface area contributed by atoms with Crippen LogP contribution in [0.1, 0.15) is 81.8 Å². The van der Waals surface area contributed by atoms with Crippen LogP contribution in [0, 0.1) is 11.3 Å². The van der Waals surface area contributed by atoms with Crippen molar-refractivity contribution in [3.63, 3.8) is 0 Å². The molecule has 9 heteroatoms. The predicted molar refractivity (Wildman–Crippen MR) is 239 cm³/mol. The van der Waals surface area contributed by atoms with Gasteiger partial charge in [0.2, 0.25) is 0 Å². The Balaban J connectivity index is 1.10. The molecule has 0 saturated carbocycles. The van der Waals surface area contributed by atoms with Crippen LogP contribution in [0.4, 0.5) is 0 Å². The summed E-state index contributed by atoms with van der Waals surface area (Å²) in [6, 6.07) is 47.6. The van der Waals surface area contributed by atoms with Crippen LogP contribution in [-0.4, -0.2) is 36.4 Å². The maximum atomic E-state index is 9.31. The van der Waals surface area contributed by atoms with Crippen molar-refractivity contribution in [3.8, 4) is 39.4 Å². The third kappa shape index (κ3) is 5.77. The Kier molecular flexibility index (Phi) is 8.81. The fraction of sp³-hybridized carbons (Fsp3) is 0.260. The van der Waals surface area contributed by atoms with Gasteiger partial charge in [0.25, 0.3) is 0 Å². The van der Waals surface area contributed by atoms with Crippen molar-refractivity contribution < 1.29 is 18.6 Å². The molecule has 5 nitrogen and oxygen atoms in total. The molecule has 0 radical (unpaired) electrons. The van der Waals surface area contributed by atoms with Gasteiger partial charge >= 0.3 is 14.0 Å². The van der Waals surface area contributed by atoms with Gasteiger partial charge in [0.15, 0.2) is 0 Å². The number of hydrogen-bond donors (Lipinski definition) is 0. The van der Waals surface area contributed by atoms with Crippen LogP contribution in [-0.2, 0) is 30.5 Å². The predicted octanol–water partition coefficient (Wildman–Crippen LogP) is 12.2. The number of rotatable bonds is 5. The minimum atomic E-state index is -0.686. The Labute approximate surface area is 357 Å². The van der Waals surface area contributed by atoms with Gasteiger partial charge in [0.05, 0.1) is 39.5 Å². The first-order chi connectivity index (χ1) is 28.2. The van der Waals surface area contributed by atoms with Gasteiger partial charge in [-0.1, -0.05) is 126 Å². The molecule has 6 aromatic rings. The van der Waals surface area contributed by atoms with Crippen molar-refractivity contribution in [2.75, 3.05) is 0 Å². The fourth-order valence-corrected chi connectivity index (χ4v) is 11.1. The van der Waals surface area contributed by atoms with E-state index >= 15 is 0 Å². The first-order valence-corrected chi connectivity index (χ1v) is 21.5. The smallest absolute Gasteiger partial charge is 0.405 e. The molecule has 10 rings (SSSR count). The Morgan fingerprint density at radius 3 is 1.86 bits per heavy atom. The van der Waals surface area contributed by atoms with Crippen molar-refractivity contribution in [2.24, 2.45) is 0 Å². The maximum absolute atomic E-state index is 9.31. The number of fused-ring (bicyclic) bond motifs is 9. The molecule has 59 heavy (non-hydrogen) atoms. The van der Waals surface area contributed by atoms with E-state index < -0.39 is 41.8 Å². The van der Waals surface area contributed by atoms with Crippen LogP contribution in [0.2, 0.25) is 5.02 Å². The van der Waals surface area contributed by atoms with E-state index in [-0.39, 0.29) is 0 Å². The molecular formula is C50H44B2ClNO4S. The second-order valence-electron chi connectivity index (χ2n) is 18.0. The lowest BCUT2D eigenvalue weighted by Gasteiger charge is -2.41. The zero-order valence-corrected chi connectivity index (χ0v) is 35.9. The van der Waals surface area contributed by atoms with Gasteiger partial charge in [0, 0.05) is 26.8 Å². The van der Waals surface area contributed by atoms with E-state index in [0.29, 0.717) is 12.0 Å². The highest BCUT2D eigenvalue weighted by molar-refractivity contribution is 7.99. The van der Waals surface area contributed by atoms with Gasteiger partial charge in [-0.05, 0) is 128 Å². The lowest BCUT2D eigenvalue weighted by atomic mass is 9.49. The first kappa shape index (κ1) is 38.6. The molecule has 4 aliphatic rings. The van der Waals surface area contributed by atoms with Crippen LogP contribution < -0.4 is 0 Å². The summed E-state index contributed by atoms with van der Waals surface area (Å²) in [6.45, 7) is 14.6. The van der Waals surface area contributed by atoms with E-state index in [9.17, 15) is 5.26 Å². The Morgan fingerprint density at radius 2 is 1.15 bits per heavy atom. The zero-order valence-electron chi connectivity index (χ0n) is 34.4. The number of nitriles is 1. The Hall–Kier alpha value is -4.58. The van der Waals surface area contributed by atoms with Crippen molar-refractivity contribution in [1.82, 2.24) is 0 Å². The van der Waals surface area contributed by atoms with Crippen LogP contribution in [0.3, 0.4) is 0 Å². The molecule has 1 aliphatic carbocycles. The standard InChI is InChI=1S/C50H44B2ClNO4S/c1-46(2)47(3,4)56-51(55-46)52-57-48(5,6)49(7,58-52)29-32-20-27-43-41(28-32)50(38-14-9-8-12-37(38)44-39(50)15-11-17-42(44)53)40-16-10-13-36(45(40)59-43)35-25-23-34(24-26-35)33-21-18-31(30-54)19-22-33/h8-28H,29H2,1-7H3. The maximum Gasteiger partial charge on any atom is 0.489 e. The lowest BCUT2D eigenvalue weighted by Crippen LogP contribution is -2.46. The third-order valence-corrected chi connectivity index (χ3v) is 15.3. The summed E-state index contributed by atoms with van der Waals surface area (Å²) in [4.78, 5) is 2.43. The van der Waals surface area contributed by atoms with Crippen molar-refractivity contribution in [3.05, 3.63) is 166 Å². The summed E-state index contributed by atoms with van der Waals surface area (Å²) in [6.07, 6.45) is 0.618. The summed E-state index contributed by atoms with van der Waals surface area (Å²) in [5.41, 5.74) is 10.5. The second kappa shape index (κ2) is 13.5. The summed E-state index contributed by atoms with van der Waals surface area (Å²) in [7, 11) is -1.31. The van der Waals surface area contributed by atoms with E-state index in [1.54, 1.807) is 0 Å². The average molecular weight is 812 g/mol. The van der Waals surface area contributed by atoms with Crippen LogP contribution in [0.5, 0.6) is 0 Å². The molecule has 2 atom stereocenters. The highest BCUT2D eigenvalue weighted by Crippen LogP contribution is 2.64. The molecule has 292 valence electrons. The molecule has 1 spiro atoms. The van der Waals surface area contributed by atoms with E-state index in [4.69, 9.17) is 30.2 Å². The fourth-order valence-electron chi connectivity index (χ4n) is 9.53. The van der Waals surface area contributed by atoms with Crippen molar-refractivity contribution in [1.29, 1.82) is 5.26 Å². The molecule has 3 heterocycles. The van der Waals surface area contributed by atoms with E-state index in [1.807, 2.05) is 42.1 Å². The van der Waals surface area contributed by atoms with E-state index in [2.05, 4.69) is 152 Å². The van der Waals surface area contributed by atoms with Crippen LogP contribution in [0.25, 0.3) is 33.4 Å². The summed E-state index contributed by atoms with van der Waals surface area (Å²) in [5, 5.41) is 10.1. The highest BCUT2D eigenvalue weighted by atomic mass is 35.5. The summed E-state index contributed by atoms with van der Waals surface area (Å²) in [5.74, 6) is 0. The minimum Gasteiger partial charge on any atom is -0.405 e. The zero-order chi connectivity index (χ0) is 41.1. The van der Waals surface area contributed by atoms with Gasteiger partial charge in [-0.25, -0.2) is 0 Å². The molecule has 2 fully saturated rings. The van der Waals surface area contributed by atoms with Crippen LogP contribution in [0.15, 0.2) is 137 Å². The normalized spacial score (nSPS) is 22.8. The van der Waals surface area contributed by atoms with Gasteiger partial charge < -0.3 is 18.6 Å². The summed E-state index contributed by atoms with van der Waals surface area (Å²) >= 11 is 9.03. The van der Waals surface area contributed by atoms with E-state index in [0.717, 1.165) is 38.4 Å². The number of benzene rings is 6. The lowest BCUT2D eigenvalue weighted by molar-refractivity contribution is -0.00879. The topological polar surface area (TPSA) is 60.7 Å². The quantitative estimate of drug-likeness (QED) is 0.161. The third-order valence-electron chi connectivity index (χ3n) is 13.7. The highest BCUT2D eigenvalue weighted by Gasteiger charge is 2.65. The SMILES string of the molecule is CC1(C)OB(B2OC(C)(C)C(C)(Cc3ccc4c(c3)C3(c5ccccc5-c5c(Cl)cccc53)c3cccc(-c5ccc(-c6ccc(C#N)cc6)cc5)c3S4)O2)OC1(C)C. The molecule has 6 aromatic carbocycles. The molecule has 3 aliphatic heterocycles. The molecule has 2 saturated heterocycles. The molecule has 2 unspecified atom stereocenters. The van der Waals surface area contributed by atoms with Gasteiger partial charge in [0.1, 0.15) is 0 Å². The Bertz CT molecular complexity index is 2710. The van der Waals surface area contributed by atoms with Gasteiger partial charge in [-0.15, -0.1) is 0 Å². The number of halogens is 1. The molecule has 0 bridgehead atoms. The average Bonchev–Trinajstić information content (AvgIpc) is 3.74. The second-order valence-corrected chi connectivity index (χ2v) is 19.4. The van der Waals surface area contributed by atoms with Gasteiger partial charge in [-0.2, -0.15) is 5.26 Å². The first-order valence-electron chi connectivity index (χ1n) is 20.3.